The summed E-state index contributed by atoms with van der Waals surface area (Å²) >= 11 is 9.78. The van der Waals surface area contributed by atoms with Crippen LogP contribution >= 0.6 is 27.5 Å². The number of amides is 1. The van der Waals surface area contributed by atoms with Crippen LogP contribution in [0.2, 0.25) is 5.02 Å². The minimum absolute atomic E-state index is 0.0497. The van der Waals surface area contributed by atoms with Crippen molar-refractivity contribution in [3.8, 4) is 11.5 Å². The lowest BCUT2D eigenvalue weighted by atomic mass is 10.1. The van der Waals surface area contributed by atoms with E-state index in [-0.39, 0.29) is 18.6 Å². The van der Waals surface area contributed by atoms with Gasteiger partial charge in [-0.15, -0.1) is 0 Å². The molecular weight excluding hydrogens is 460 g/mol. The van der Waals surface area contributed by atoms with Gasteiger partial charge in [0.25, 0.3) is 0 Å². The van der Waals surface area contributed by atoms with Crippen LogP contribution in [0.1, 0.15) is 18.1 Å². The topological polar surface area (TPSA) is 60.0 Å². The van der Waals surface area contributed by atoms with Crippen LogP contribution in [-0.2, 0) is 9.53 Å². The van der Waals surface area contributed by atoms with E-state index < -0.39 is 0 Å². The second kappa shape index (κ2) is 9.34. The second-order valence-corrected chi connectivity index (χ2v) is 8.35. The highest BCUT2D eigenvalue weighted by Crippen LogP contribution is 2.37. The largest absolute Gasteiger partial charge is 0.490 e. The predicted molar refractivity (Wildman–Crippen MR) is 115 cm³/mol. The van der Waals surface area contributed by atoms with Crippen molar-refractivity contribution in [3.63, 3.8) is 0 Å². The van der Waals surface area contributed by atoms with Gasteiger partial charge < -0.3 is 19.5 Å². The summed E-state index contributed by atoms with van der Waals surface area (Å²) in [5.74, 6) is 1.08. The van der Waals surface area contributed by atoms with Crippen LogP contribution < -0.4 is 14.8 Å². The summed E-state index contributed by atoms with van der Waals surface area (Å²) in [5.41, 5.74) is 1.63. The molecule has 1 N–H and O–H groups in total. The molecule has 1 atom stereocenters. The lowest BCUT2D eigenvalue weighted by Crippen LogP contribution is -2.42. The molecule has 2 heterocycles. The van der Waals surface area contributed by atoms with Crippen LogP contribution in [0.25, 0.3) is 0 Å². The van der Waals surface area contributed by atoms with Gasteiger partial charge in [0, 0.05) is 36.1 Å². The van der Waals surface area contributed by atoms with Crippen LogP contribution in [-0.4, -0.2) is 50.3 Å². The van der Waals surface area contributed by atoms with E-state index in [9.17, 15) is 4.79 Å². The number of morpholine rings is 1. The molecule has 1 saturated heterocycles. The van der Waals surface area contributed by atoms with Crippen LogP contribution in [0.4, 0.5) is 5.69 Å². The Hall–Kier alpha value is -1.80. The SMILES string of the molecule is O=C(CN1CCOC(c2ccc(Br)cc2)C1)Nc1cc2c(cc1Cl)OCCCO2. The molecule has 0 bridgehead atoms. The molecule has 2 aliphatic rings. The maximum Gasteiger partial charge on any atom is 0.238 e. The first-order valence-corrected chi connectivity index (χ1v) is 10.7. The summed E-state index contributed by atoms with van der Waals surface area (Å²) in [7, 11) is 0. The number of nitrogens with zero attached hydrogens (tertiary/aromatic N) is 1. The first kappa shape index (κ1) is 20.5. The molecule has 2 aromatic carbocycles. The van der Waals surface area contributed by atoms with Crippen LogP contribution in [0.3, 0.4) is 0 Å². The van der Waals surface area contributed by atoms with Crippen LogP contribution in [0, 0.1) is 0 Å². The van der Waals surface area contributed by atoms with E-state index in [1.54, 1.807) is 12.1 Å². The summed E-state index contributed by atoms with van der Waals surface area (Å²) in [5, 5.41) is 3.32. The molecule has 2 aliphatic heterocycles. The van der Waals surface area contributed by atoms with Crippen molar-refractivity contribution in [3.05, 3.63) is 51.5 Å². The number of rotatable bonds is 4. The zero-order chi connectivity index (χ0) is 20.2. The molecule has 2 aromatic rings. The highest BCUT2D eigenvalue weighted by molar-refractivity contribution is 9.10. The molecule has 1 fully saturated rings. The summed E-state index contributed by atoms with van der Waals surface area (Å²) < 4.78 is 18.2. The van der Waals surface area contributed by atoms with Gasteiger partial charge in [0.15, 0.2) is 11.5 Å². The van der Waals surface area contributed by atoms with Gasteiger partial charge in [0.05, 0.1) is 43.2 Å². The summed E-state index contributed by atoms with van der Waals surface area (Å²) in [4.78, 5) is 14.7. The molecule has 4 rings (SSSR count). The number of carbonyl (C=O) groups is 1. The maximum atomic E-state index is 12.6. The highest BCUT2D eigenvalue weighted by Gasteiger charge is 2.24. The van der Waals surface area contributed by atoms with Crippen molar-refractivity contribution in [2.24, 2.45) is 0 Å². The molecule has 0 radical (unpaired) electrons. The van der Waals surface area contributed by atoms with E-state index in [4.69, 9.17) is 25.8 Å². The maximum absolute atomic E-state index is 12.6. The minimum atomic E-state index is -0.127. The fraction of sp³-hybridized carbons (Fsp3) is 0.381. The molecule has 154 valence electrons. The number of anilines is 1. The summed E-state index contributed by atoms with van der Waals surface area (Å²) in [6.45, 7) is 3.37. The molecule has 0 spiro atoms. The first-order chi connectivity index (χ1) is 14.1. The van der Waals surface area contributed by atoms with Gasteiger partial charge in [0.2, 0.25) is 5.91 Å². The number of hydrogen-bond donors (Lipinski definition) is 1. The van der Waals surface area contributed by atoms with Crippen molar-refractivity contribution in [2.75, 3.05) is 44.8 Å². The Morgan fingerprint density at radius 1 is 1.14 bits per heavy atom. The molecule has 1 unspecified atom stereocenters. The Labute approximate surface area is 183 Å². The van der Waals surface area contributed by atoms with E-state index in [1.165, 1.54) is 0 Å². The highest BCUT2D eigenvalue weighted by atomic mass is 79.9. The van der Waals surface area contributed by atoms with Gasteiger partial charge in [-0.25, -0.2) is 0 Å². The fourth-order valence-corrected chi connectivity index (χ4v) is 3.86. The Bertz CT molecular complexity index is 878. The fourth-order valence-electron chi connectivity index (χ4n) is 3.40. The third-order valence-corrected chi connectivity index (χ3v) is 5.71. The number of nitrogens with one attached hydrogen (secondary N) is 1. The van der Waals surface area contributed by atoms with Crippen molar-refractivity contribution in [1.82, 2.24) is 4.90 Å². The zero-order valence-electron chi connectivity index (χ0n) is 15.8. The summed E-state index contributed by atoms with van der Waals surface area (Å²) in [6.07, 6.45) is 0.760. The van der Waals surface area contributed by atoms with Gasteiger partial charge in [-0.05, 0) is 17.7 Å². The predicted octanol–water partition coefficient (Wildman–Crippen LogP) is 4.28. The van der Waals surface area contributed by atoms with Gasteiger partial charge in [-0.2, -0.15) is 0 Å². The molecule has 1 amide bonds. The van der Waals surface area contributed by atoms with Gasteiger partial charge in [-0.1, -0.05) is 39.7 Å². The number of fused-ring (bicyclic) bond motifs is 1. The molecular formula is C21H22BrClN2O4. The first-order valence-electron chi connectivity index (χ1n) is 9.57. The molecule has 6 nitrogen and oxygen atoms in total. The van der Waals surface area contributed by atoms with Crippen LogP contribution in [0.15, 0.2) is 40.9 Å². The van der Waals surface area contributed by atoms with E-state index in [0.717, 1.165) is 16.5 Å². The normalized spacial score (nSPS) is 19.4. The van der Waals surface area contributed by atoms with E-state index in [0.29, 0.717) is 55.1 Å². The van der Waals surface area contributed by atoms with Gasteiger partial charge in [0.1, 0.15) is 0 Å². The number of halogens is 2. The van der Waals surface area contributed by atoms with Crippen LogP contribution in [0.5, 0.6) is 11.5 Å². The third-order valence-electron chi connectivity index (χ3n) is 4.87. The average Bonchev–Trinajstić information content (AvgIpc) is 2.94. The van der Waals surface area contributed by atoms with Crippen molar-refractivity contribution >= 4 is 39.1 Å². The monoisotopic (exact) mass is 480 g/mol. The number of benzene rings is 2. The Balaban J connectivity index is 1.38. The molecule has 0 aromatic heterocycles. The molecule has 29 heavy (non-hydrogen) atoms. The van der Waals surface area contributed by atoms with Crippen molar-refractivity contribution in [2.45, 2.75) is 12.5 Å². The molecule has 0 aliphatic carbocycles. The lowest BCUT2D eigenvalue weighted by molar-refractivity contribution is -0.119. The van der Waals surface area contributed by atoms with Gasteiger partial charge in [-0.3, -0.25) is 9.69 Å². The standard InChI is InChI=1S/C21H22BrClN2O4/c22-15-4-2-14(3-5-15)20-12-25(6-9-29-20)13-21(26)24-17-11-19-18(10-16(17)23)27-7-1-8-28-19/h2-5,10-11,20H,1,6-9,12-13H2,(H,24,26). The van der Waals surface area contributed by atoms with Gasteiger partial charge >= 0.3 is 0 Å². The quantitative estimate of drug-likeness (QED) is 0.706. The van der Waals surface area contributed by atoms with E-state index in [2.05, 4.69) is 26.1 Å². The minimum Gasteiger partial charge on any atom is -0.490 e. The zero-order valence-corrected chi connectivity index (χ0v) is 18.2. The Kier molecular flexibility index (Phi) is 6.60. The average molecular weight is 482 g/mol. The van der Waals surface area contributed by atoms with E-state index >= 15 is 0 Å². The number of hydrogen-bond acceptors (Lipinski definition) is 5. The number of carbonyl (C=O) groups excluding carboxylic acids is 1. The van der Waals surface area contributed by atoms with E-state index in [1.807, 2.05) is 24.3 Å². The van der Waals surface area contributed by atoms with Crippen molar-refractivity contribution < 1.29 is 19.0 Å². The lowest BCUT2D eigenvalue weighted by Gasteiger charge is -2.32. The second-order valence-electron chi connectivity index (χ2n) is 7.02. The summed E-state index contributed by atoms with van der Waals surface area (Å²) in [6, 6.07) is 11.5. The number of ether oxygens (including phenoxy) is 3. The smallest absolute Gasteiger partial charge is 0.238 e. The van der Waals surface area contributed by atoms with Crippen molar-refractivity contribution in [1.29, 1.82) is 0 Å². The molecule has 8 heteroatoms. The third kappa shape index (κ3) is 5.22. The Morgan fingerprint density at radius 2 is 1.86 bits per heavy atom. The Morgan fingerprint density at radius 3 is 2.62 bits per heavy atom. The molecule has 0 saturated carbocycles.